The first-order valence-corrected chi connectivity index (χ1v) is 5.05. The van der Waals surface area contributed by atoms with E-state index in [9.17, 15) is 0 Å². The second kappa shape index (κ2) is 2.86. The number of nitrogens with zero attached hydrogens (tertiary/aromatic N) is 2. The fourth-order valence-electron chi connectivity index (χ4n) is 1.93. The highest BCUT2D eigenvalue weighted by Crippen LogP contribution is 2.38. The average molecular weight is 200 g/mol. The van der Waals surface area contributed by atoms with Gasteiger partial charge in [-0.3, -0.25) is 4.90 Å². The number of aliphatic imine (C=N–C) groups is 1. The van der Waals surface area contributed by atoms with Crippen LogP contribution in [-0.4, -0.2) is 12.6 Å². The van der Waals surface area contributed by atoms with Crippen LogP contribution < -0.4 is 9.64 Å². The molecule has 0 unspecified atom stereocenters. The SMILES string of the molecule is CC1=CCN=C2Oc3ccc(C)cc3N12. The minimum Gasteiger partial charge on any atom is -0.423 e. The van der Waals surface area contributed by atoms with Crippen molar-refractivity contribution in [2.75, 3.05) is 11.4 Å². The van der Waals surface area contributed by atoms with Crippen LogP contribution in [0.5, 0.6) is 5.75 Å². The van der Waals surface area contributed by atoms with Gasteiger partial charge in [0.25, 0.3) is 0 Å². The summed E-state index contributed by atoms with van der Waals surface area (Å²) in [6, 6.07) is 6.88. The maximum Gasteiger partial charge on any atom is 0.302 e. The number of rotatable bonds is 0. The Hall–Kier alpha value is -1.77. The Morgan fingerprint density at radius 2 is 2.20 bits per heavy atom. The molecule has 2 heterocycles. The second-order valence-electron chi connectivity index (χ2n) is 3.88. The topological polar surface area (TPSA) is 24.8 Å². The van der Waals surface area contributed by atoms with E-state index in [2.05, 4.69) is 41.9 Å². The minimum absolute atomic E-state index is 0.704. The van der Waals surface area contributed by atoms with Gasteiger partial charge in [-0.1, -0.05) is 6.07 Å². The van der Waals surface area contributed by atoms with Gasteiger partial charge in [0.2, 0.25) is 0 Å². The summed E-state index contributed by atoms with van der Waals surface area (Å²) in [4.78, 5) is 6.39. The summed E-state index contributed by atoms with van der Waals surface area (Å²) in [6.45, 7) is 4.87. The summed E-state index contributed by atoms with van der Waals surface area (Å²) < 4.78 is 5.67. The number of ether oxygens (including phenoxy) is 1. The molecule has 0 atom stereocenters. The number of hydrogen-bond donors (Lipinski definition) is 0. The summed E-state index contributed by atoms with van der Waals surface area (Å²) in [5.41, 5.74) is 3.52. The van der Waals surface area contributed by atoms with Crippen LogP contribution in [0.15, 0.2) is 35.0 Å². The van der Waals surface area contributed by atoms with Crippen molar-refractivity contribution in [1.29, 1.82) is 0 Å². The van der Waals surface area contributed by atoms with Gasteiger partial charge in [0.1, 0.15) is 0 Å². The Labute approximate surface area is 88.7 Å². The molecule has 3 nitrogen and oxygen atoms in total. The van der Waals surface area contributed by atoms with Crippen molar-refractivity contribution < 1.29 is 4.74 Å². The fourth-order valence-corrected chi connectivity index (χ4v) is 1.93. The van der Waals surface area contributed by atoms with Crippen LogP contribution in [0.4, 0.5) is 5.69 Å². The van der Waals surface area contributed by atoms with Gasteiger partial charge < -0.3 is 4.74 Å². The largest absolute Gasteiger partial charge is 0.423 e. The summed E-state index contributed by atoms with van der Waals surface area (Å²) in [7, 11) is 0. The van der Waals surface area contributed by atoms with Crippen molar-refractivity contribution in [2.24, 2.45) is 4.99 Å². The van der Waals surface area contributed by atoms with E-state index >= 15 is 0 Å². The number of amidine groups is 1. The molecule has 0 bridgehead atoms. The van der Waals surface area contributed by atoms with E-state index in [0.717, 1.165) is 11.4 Å². The van der Waals surface area contributed by atoms with Crippen LogP contribution in [0.2, 0.25) is 0 Å². The average Bonchev–Trinajstić information content (AvgIpc) is 2.57. The number of benzene rings is 1. The molecule has 3 heteroatoms. The van der Waals surface area contributed by atoms with E-state index in [1.54, 1.807) is 0 Å². The first-order valence-electron chi connectivity index (χ1n) is 5.05. The monoisotopic (exact) mass is 200 g/mol. The van der Waals surface area contributed by atoms with Gasteiger partial charge in [0.05, 0.1) is 12.2 Å². The minimum atomic E-state index is 0.704. The maximum atomic E-state index is 5.67. The quantitative estimate of drug-likeness (QED) is 0.642. The zero-order valence-corrected chi connectivity index (χ0v) is 8.82. The molecule has 0 radical (unpaired) electrons. The van der Waals surface area contributed by atoms with Crippen LogP contribution in [0, 0.1) is 6.92 Å². The smallest absolute Gasteiger partial charge is 0.302 e. The summed E-state index contributed by atoms with van der Waals surface area (Å²) in [5.74, 6) is 0.897. The van der Waals surface area contributed by atoms with E-state index in [-0.39, 0.29) is 0 Å². The van der Waals surface area contributed by atoms with Crippen molar-refractivity contribution in [2.45, 2.75) is 13.8 Å². The van der Waals surface area contributed by atoms with Crippen LogP contribution >= 0.6 is 0 Å². The predicted octanol–water partition coefficient (Wildman–Crippen LogP) is 2.47. The third kappa shape index (κ3) is 1.16. The van der Waals surface area contributed by atoms with Crippen molar-refractivity contribution in [3.05, 3.63) is 35.5 Å². The van der Waals surface area contributed by atoms with E-state index < -0.39 is 0 Å². The molecule has 0 N–H and O–H groups in total. The first-order chi connectivity index (χ1) is 7.25. The Morgan fingerprint density at radius 3 is 3.07 bits per heavy atom. The lowest BCUT2D eigenvalue weighted by Crippen LogP contribution is -2.30. The predicted molar refractivity (Wildman–Crippen MR) is 60.3 cm³/mol. The molecule has 3 rings (SSSR count). The Balaban J connectivity index is 2.17. The zero-order valence-electron chi connectivity index (χ0n) is 8.82. The van der Waals surface area contributed by atoms with Crippen LogP contribution in [0.25, 0.3) is 0 Å². The zero-order chi connectivity index (χ0) is 10.4. The molecule has 0 saturated carbocycles. The van der Waals surface area contributed by atoms with E-state index in [1.807, 2.05) is 6.07 Å². The van der Waals surface area contributed by atoms with E-state index in [4.69, 9.17) is 4.74 Å². The molecular weight excluding hydrogens is 188 g/mol. The molecule has 1 aromatic carbocycles. The lowest BCUT2D eigenvalue weighted by molar-refractivity contribution is 0.560. The molecule has 0 aromatic heterocycles. The van der Waals surface area contributed by atoms with Crippen molar-refractivity contribution in [3.63, 3.8) is 0 Å². The Kier molecular flexibility index (Phi) is 1.63. The number of fused-ring (bicyclic) bond motifs is 3. The fraction of sp³-hybridized carbons (Fsp3) is 0.250. The number of aryl methyl sites for hydroxylation is 1. The van der Waals surface area contributed by atoms with Crippen LogP contribution in [-0.2, 0) is 0 Å². The standard InChI is InChI=1S/C12H12N2O/c1-8-3-4-11-10(7-8)14-9(2)5-6-13-12(14)15-11/h3-5,7H,6H2,1-2H3. The Bertz CT molecular complexity index is 488. The van der Waals surface area contributed by atoms with Crippen molar-refractivity contribution >= 4 is 11.7 Å². The van der Waals surface area contributed by atoms with Gasteiger partial charge in [-0.2, -0.15) is 0 Å². The van der Waals surface area contributed by atoms with E-state index in [1.165, 1.54) is 11.3 Å². The van der Waals surface area contributed by atoms with E-state index in [0.29, 0.717) is 12.6 Å². The normalized spacial score (nSPS) is 17.6. The van der Waals surface area contributed by atoms with Gasteiger partial charge in [-0.15, -0.1) is 0 Å². The maximum absolute atomic E-state index is 5.67. The third-order valence-corrected chi connectivity index (χ3v) is 2.71. The van der Waals surface area contributed by atoms with Gasteiger partial charge in [0.15, 0.2) is 5.75 Å². The molecular formula is C12H12N2O. The first kappa shape index (κ1) is 8.53. The molecule has 0 amide bonds. The molecule has 0 saturated heterocycles. The highest BCUT2D eigenvalue weighted by Gasteiger charge is 2.30. The lowest BCUT2D eigenvalue weighted by Gasteiger charge is -2.20. The Morgan fingerprint density at radius 1 is 1.33 bits per heavy atom. The van der Waals surface area contributed by atoms with Crippen molar-refractivity contribution in [3.8, 4) is 5.75 Å². The number of anilines is 1. The molecule has 0 fully saturated rings. The molecule has 76 valence electrons. The van der Waals surface area contributed by atoms with Gasteiger partial charge >= 0.3 is 6.02 Å². The van der Waals surface area contributed by atoms with Crippen molar-refractivity contribution in [1.82, 2.24) is 0 Å². The summed E-state index contributed by atoms with van der Waals surface area (Å²) >= 11 is 0. The second-order valence-corrected chi connectivity index (χ2v) is 3.88. The highest BCUT2D eigenvalue weighted by molar-refractivity contribution is 6.03. The van der Waals surface area contributed by atoms with Crippen LogP contribution in [0.3, 0.4) is 0 Å². The third-order valence-electron chi connectivity index (χ3n) is 2.71. The molecule has 2 aliphatic heterocycles. The van der Waals surface area contributed by atoms with Crippen LogP contribution in [0.1, 0.15) is 12.5 Å². The van der Waals surface area contributed by atoms with Gasteiger partial charge in [-0.05, 0) is 37.6 Å². The molecule has 0 spiro atoms. The summed E-state index contributed by atoms with van der Waals surface area (Å²) in [6.07, 6.45) is 2.10. The molecule has 1 aromatic rings. The number of allylic oxidation sites excluding steroid dienone is 1. The summed E-state index contributed by atoms with van der Waals surface area (Å²) in [5, 5.41) is 0. The molecule has 15 heavy (non-hydrogen) atoms. The van der Waals surface area contributed by atoms with Gasteiger partial charge in [-0.25, -0.2) is 4.99 Å². The van der Waals surface area contributed by atoms with Gasteiger partial charge in [0, 0.05) is 5.70 Å². The lowest BCUT2D eigenvalue weighted by atomic mass is 10.2. The highest BCUT2D eigenvalue weighted by atomic mass is 16.5. The molecule has 2 aliphatic rings. The molecule has 0 aliphatic carbocycles. The number of hydrogen-bond acceptors (Lipinski definition) is 3.